The Morgan fingerprint density at radius 2 is 2.13 bits per heavy atom. The molecule has 0 aromatic carbocycles. The molecule has 1 aliphatic heterocycles. The van der Waals surface area contributed by atoms with Gasteiger partial charge in [-0.25, -0.2) is 4.98 Å². The molecule has 0 bridgehead atoms. The van der Waals surface area contributed by atoms with Gasteiger partial charge < -0.3 is 20.3 Å². The molecule has 9 nitrogen and oxygen atoms in total. The molecule has 1 saturated heterocycles. The molecule has 1 aromatic rings. The average molecular weight is 334 g/mol. The first-order valence-electron chi connectivity index (χ1n) is 6.47. The SMILES string of the molecule is [N-]=[N+]=NCC1OCC(Nc2cncc(C(F)(F)F)n2)C(O)C1O. The number of anilines is 1. The van der Waals surface area contributed by atoms with Crippen LogP contribution in [0.5, 0.6) is 0 Å². The van der Waals surface area contributed by atoms with Gasteiger partial charge in [0.25, 0.3) is 0 Å². The fourth-order valence-electron chi connectivity index (χ4n) is 2.05. The molecule has 1 fully saturated rings. The molecule has 4 atom stereocenters. The van der Waals surface area contributed by atoms with Crippen LogP contribution in [0.25, 0.3) is 10.4 Å². The van der Waals surface area contributed by atoms with E-state index in [-0.39, 0.29) is 19.0 Å². The molecule has 0 spiro atoms. The lowest BCUT2D eigenvalue weighted by molar-refractivity contribution is -0.141. The summed E-state index contributed by atoms with van der Waals surface area (Å²) in [7, 11) is 0. The molecule has 4 unspecified atom stereocenters. The van der Waals surface area contributed by atoms with E-state index in [1.165, 1.54) is 0 Å². The lowest BCUT2D eigenvalue weighted by Gasteiger charge is -2.37. The topological polar surface area (TPSA) is 136 Å². The zero-order valence-corrected chi connectivity index (χ0v) is 11.6. The number of halogens is 3. The van der Waals surface area contributed by atoms with E-state index in [0.717, 1.165) is 6.20 Å². The highest BCUT2D eigenvalue weighted by molar-refractivity contribution is 5.34. The van der Waals surface area contributed by atoms with Crippen molar-refractivity contribution in [2.45, 2.75) is 30.5 Å². The summed E-state index contributed by atoms with van der Waals surface area (Å²) < 4.78 is 42.9. The van der Waals surface area contributed by atoms with Crippen LogP contribution in [0.3, 0.4) is 0 Å². The molecular weight excluding hydrogens is 321 g/mol. The summed E-state index contributed by atoms with van der Waals surface area (Å²) in [5.41, 5.74) is 7.04. The van der Waals surface area contributed by atoms with Gasteiger partial charge in [0.2, 0.25) is 0 Å². The van der Waals surface area contributed by atoms with Crippen molar-refractivity contribution in [1.29, 1.82) is 0 Å². The number of rotatable bonds is 4. The summed E-state index contributed by atoms with van der Waals surface area (Å²) in [6, 6.07) is -0.898. The third-order valence-electron chi connectivity index (χ3n) is 3.22. The van der Waals surface area contributed by atoms with Crippen LogP contribution in [-0.4, -0.2) is 57.7 Å². The summed E-state index contributed by atoms with van der Waals surface area (Å²) in [4.78, 5) is 9.30. The number of hydrogen-bond acceptors (Lipinski definition) is 7. The second kappa shape index (κ2) is 6.96. The van der Waals surface area contributed by atoms with Crippen molar-refractivity contribution in [3.63, 3.8) is 0 Å². The molecule has 0 aliphatic carbocycles. The molecule has 1 aliphatic rings. The summed E-state index contributed by atoms with van der Waals surface area (Å²) in [5.74, 6) is -0.215. The van der Waals surface area contributed by atoms with E-state index < -0.39 is 36.2 Å². The Bertz CT molecular complexity index is 595. The van der Waals surface area contributed by atoms with Crippen LogP contribution < -0.4 is 5.32 Å². The van der Waals surface area contributed by atoms with Crippen molar-refractivity contribution in [3.05, 3.63) is 28.5 Å². The van der Waals surface area contributed by atoms with Gasteiger partial charge >= 0.3 is 6.18 Å². The Kier molecular flexibility index (Phi) is 5.21. The van der Waals surface area contributed by atoms with Gasteiger partial charge in [-0.1, -0.05) is 5.11 Å². The van der Waals surface area contributed by atoms with E-state index in [4.69, 9.17) is 10.3 Å². The van der Waals surface area contributed by atoms with Crippen molar-refractivity contribution >= 4 is 5.82 Å². The first-order chi connectivity index (χ1) is 10.8. The first-order valence-corrected chi connectivity index (χ1v) is 6.47. The Labute approximate surface area is 127 Å². The van der Waals surface area contributed by atoms with Gasteiger partial charge in [0.15, 0.2) is 5.69 Å². The number of nitrogens with one attached hydrogen (secondary N) is 1. The number of nitrogens with zero attached hydrogens (tertiary/aromatic N) is 5. The number of ether oxygens (including phenoxy) is 1. The normalized spacial score (nSPS) is 28.0. The lowest BCUT2D eigenvalue weighted by atomic mass is 9.98. The summed E-state index contributed by atoms with van der Waals surface area (Å²) in [6.07, 6.45) is -6.63. The molecule has 0 amide bonds. The van der Waals surface area contributed by atoms with Crippen molar-refractivity contribution < 1.29 is 28.1 Å². The zero-order valence-electron chi connectivity index (χ0n) is 11.6. The average Bonchev–Trinajstić information content (AvgIpc) is 2.51. The fourth-order valence-corrected chi connectivity index (χ4v) is 2.05. The lowest BCUT2D eigenvalue weighted by Crippen LogP contribution is -2.56. The quantitative estimate of drug-likeness (QED) is 0.421. The summed E-state index contributed by atoms with van der Waals surface area (Å²) in [5, 5.41) is 25.7. The number of alkyl halides is 3. The smallest absolute Gasteiger partial charge is 0.388 e. The number of azide groups is 1. The van der Waals surface area contributed by atoms with Gasteiger partial charge in [0.05, 0.1) is 37.7 Å². The standard InChI is InChI=1S/C11H13F3N6O3/c12-11(13,14)7-2-16-3-8(19-7)18-5-4-23-6(1-17-20-15)10(22)9(5)21/h2-3,5-6,9-10,21-22H,1,4H2,(H,18,19). The molecular formula is C11H13F3N6O3. The van der Waals surface area contributed by atoms with Crippen molar-refractivity contribution in [2.75, 3.05) is 18.5 Å². The van der Waals surface area contributed by atoms with Gasteiger partial charge in [-0.15, -0.1) is 0 Å². The monoisotopic (exact) mass is 334 g/mol. The van der Waals surface area contributed by atoms with Crippen LogP contribution in [0.2, 0.25) is 0 Å². The van der Waals surface area contributed by atoms with Crippen molar-refractivity contribution in [3.8, 4) is 0 Å². The van der Waals surface area contributed by atoms with Crippen molar-refractivity contribution in [1.82, 2.24) is 9.97 Å². The van der Waals surface area contributed by atoms with E-state index in [9.17, 15) is 23.4 Å². The van der Waals surface area contributed by atoms with Crippen LogP contribution in [0.15, 0.2) is 17.5 Å². The second-order valence-corrected chi connectivity index (χ2v) is 4.80. The third-order valence-corrected chi connectivity index (χ3v) is 3.22. The molecule has 3 N–H and O–H groups in total. The molecule has 12 heteroatoms. The summed E-state index contributed by atoms with van der Waals surface area (Å²) >= 11 is 0. The fraction of sp³-hybridized carbons (Fsp3) is 0.636. The van der Waals surface area contributed by atoms with Crippen LogP contribution in [0.1, 0.15) is 5.69 Å². The number of aliphatic hydroxyl groups excluding tert-OH is 2. The van der Waals surface area contributed by atoms with Gasteiger partial charge in [-0.2, -0.15) is 13.2 Å². The second-order valence-electron chi connectivity index (χ2n) is 4.80. The third kappa shape index (κ3) is 4.20. The first kappa shape index (κ1) is 17.2. The van der Waals surface area contributed by atoms with Gasteiger partial charge in [0, 0.05) is 4.91 Å². The van der Waals surface area contributed by atoms with E-state index in [2.05, 4.69) is 25.3 Å². The van der Waals surface area contributed by atoms with E-state index in [1.54, 1.807) is 0 Å². The molecule has 23 heavy (non-hydrogen) atoms. The zero-order chi connectivity index (χ0) is 17.0. The van der Waals surface area contributed by atoms with Gasteiger partial charge in [-0.3, -0.25) is 4.98 Å². The molecule has 0 saturated carbocycles. The number of aliphatic hydroxyl groups is 2. The predicted octanol–water partition coefficient (Wildman–Crippen LogP) is 0.707. The highest BCUT2D eigenvalue weighted by Gasteiger charge is 2.38. The Balaban J connectivity index is 2.05. The molecule has 2 rings (SSSR count). The maximum atomic E-state index is 12.6. The minimum Gasteiger partial charge on any atom is -0.388 e. The van der Waals surface area contributed by atoms with Crippen molar-refractivity contribution in [2.24, 2.45) is 5.11 Å². The van der Waals surface area contributed by atoms with Crippen LogP contribution in [0.4, 0.5) is 19.0 Å². The van der Waals surface area contributed by atoms with Crippen LogP contribution in [-0.2, 0) is 10.9 Å². The molecule has 0 radical (unpaired) electrons. The maximum absolute atomic E-state index is 12.6. The highest BCUT2D eigenvalue weighted by atomic mass is 19.4. The predicted molar refractivity (Wildman–Crippen MR) is 70.2 cm³/mol. The largest absolute Gasteiger partial charge is 0.434 e. The summed E-state index contributed by atoms with van der Waals surface area (Å²) in [6.45, 7) is -0.299. The Morgan fingerprint density at radius 3 is 2.78 bits per heavy atom. The number of hydrogen-bond donors (Lipinski definition) is 3. The Hall–Kier alpha value is -2.14. The van der Waals surface area contributed by atoms with Gasteiger partial charge in [-0.05, 0) is 5.53 Å². The molecule has 126 valence electrons. The van der Waals surface area contributed by atoms with E-state index in [0.29, 0.717) is 6.20 Å². The maximum Gasteiger partial charge on any atom is 0.434 e. The van der Waals surface area contributed by atoms with E-state index in [1.807, 2.05) is 0 Å². The molecule has 2 heterocycles. The molecule has 1 aromatic heterocycles. The minimum atomic E-state index is -4.65. The van der Waals surface area contributed by atoms with Crippen LogP contribution >= 0.6 is 0 Å². The Morgan fingerprint density at radius 1 is 1.39 bits per heavy atom. The highest BCUT2D eigenvalue weighted by Crippen LogP contribution is 2.28. The minimum absolute atomic E-state index is 0.123. The number of aromatic nitrogens is 2. The van der Waals surface area contributed by atoms with Crippen LogP contribution in [0, 0.1) is 0 Å². The van der Waals surface area contributed by atoms with E-state index >= 15 is 0 Å². The van der Waals surface area contributed by atoms with Gasteiger partial charge in [0.1, 0.15) is 18.0 Å².